The molecule has 2 fully saturated rings. The lowest BCUT2D eigenvalue weighted by molar-refractivity contribution is 0.0275. The number of benzene rings is 1. The minimum Gasteiger partial charge on any atom is -0.489 e. The molecule has 1 aliphatic carbocycles. The van der Waals surface area contributed by atoms with E-state index in [0.717, 1.165) is 23.6 Å². The number of ether oxygens (including phenoxy) is 2. The number of likely N-dealkylation sites (tertiary alicyclic amines) is 1. The van der Waals surface area contributed by atoms with Crippen LogP contribution in [0, 0.1) is 0 Å². The number of thioether (sulfide) groups is 1. The number of amidine groups is 1. The van der Waals surface area contributed by atoms with E-state index in [4.69, 9.17) is 27.4 Å². The molecule has 1 aromatic carbocycles. The van der Waals surface area contributed by atoms with Crippen LogP contribution in [0.25, 0.3) is 0 Å². The van der Waals surface area contributed by atoms with Crippen LogP contribution in [-0.4, -0.2) is 57.0 Å². The number of aliphatic imine (C=N–C) groups is 1. The number of nitrogens with two attached hydrogens (primary N) is 1. The molecule has 10 heteroatoms. The van der Waals surface area contributed by atoms with Crippen LogP contribution < -0.4 is 15.8 Å². The average Bonchev–Trinajstić information content (AvgIpc) is 3.13. The monoisotopic (exact) mass is 538 g/mol. The highest BCUT2D eigenvalue weighted by Crippen LogP contribution is 2.37. The number of amides is 1. The number of rotatable bonds is 5. The lowest BCUT2D eigenvalue weighted by atomic mass is 10.0. The summed E-state index contributed by atoms with van der Waals surface area (Å²) in [4.78, 5) is 18.3. The molecule has 2 aliphatic rings. The molecular weight excluding hydrogens is 499 g/mol. The summed E-state index contributed by atoms with van der Waals surface area (Å²) in [5.41, 5.74) is 6.46. The molecule has 1 saturated carbocycles. The van der Waals surface area contributed by atoms with E-state index in [1.807, 2.05) is 45.0 Å². The standard InChI is InChI=1S/C25H39N4O3PS2/c1-24(2,3)32-23(30)29-15-12-20(16-29)31-19-10-8-18(9-11-19)27-22(34)28-21(26)35-17-25(33)13-6-4-5-7-14-25/h8-11,20H,4-7,12-17,33H2,1-3H3,(H3,26,27,28,34). The van der Waals surface area contributed by atoms with Crippen molar-refractivity contribution in [3.8, 4) is 5.75 Å². The van der Waals surface area contributed by atoms with Crippen molar-refractivity contribution >= 4 is 55.3 Å². The summed E-state index contributed by atoms with van der Waals surface area (Å²) >= 11 is 6.96. The molecule has 2 unspecified atom stereocenters. The molecule has 1 heterocycles. The van der Waals surface area contributed by atoms with Gasteiger partial charge < -0.3 is 25.4 Å². The summed E-state index contributed by atoms with van der Waals surface area (Å²) in [6.07, 6.45) is 8.07. The van der Waals surface area contributed by atoms with Gasteiger partial charge >= 0.3 is 6.09 Å². The van der Waals surface area contributed by atoms with E-state index < -0.39 is 5.60 Å². The van der Waals surface area contributed by atoms with Crippen LogP contribution in [0.4, 0.5) is 10.5 Å². The van der Waals surface area contributed by atoms with Crippen molar-refractivity contribution < 1.29 is 14.3 Å². The van der Waals surface area contributed by atoms with Crippen LogP contribution >= 0.6 is 33.2 Å². The van der Waals surface area contributed by atoms with Crippen molar-refractivity contribution in [2.45, 2.75) is 82.6 Å². The van der Waals surface area contributed by atoms with E-state index in [0.29, 0.717) is 23.4 Å². The molecule has 2 atom stereocenters. The molecule has 0 aromatic heterocycles. The molecule has 7 nitrogen and oxygen atoms in total. The SMILES string of the molecule is CC(C)(C)OC(=O)N1CCC(Oc2ccc(NC(=S)/N=C(\N)SCC3(P)CCCCCC3)cc2)C1. The van der Waals surface area contributed by atoms with Gasteiger partial charge in [0, 0.05) is 24.4 Å². The first-order chi connectivity index (χ1) is 16.5. The Labute approximate surface area is 221 Å². The number of thiocarbonyl (C=S) groups is 1. The van der Waals surface area contributed by atoms with Crippen molar-refractivity contribution in [1.82, 2.24) is 4.90 Å². The second-order valence-corrected chi connectivity index (χ2v) is 13.0. The van der Waals surface area contributed by atoms with Gasteiger partial charge in [-0.25, -0.2) is 4.79 Å². The Hall–Kier alpha value is -1.57. The zero-order chi connectivity index (χ0) is 25.5. The topological polar surface area (TPSA) is 89.2 Å². The van der Waals surface area contributed by atoms with Gasteiger partial charge in [0.2, 0.25) is 0 Å². The van der Waals surface area contributed by atoms with E-state index in [1.165, 1.54) is 38.5 Å². The third kappa shape index (κ3) is 9.77. The predicted molar refractivity (Wildman–Crippen MR) is 154 cm³/mol. The summed E-state index contributed by atoms with van der Waals surface area (Å²) in [6.45, 7) is 6.75. The molecule has 0 bridgehead atoms. The van der Waals surface area contributed by atoms with Crippen LogP contribution in [0.15, 0.2) is 29.3 Å². The largest absolute Gasteiger partial charge is 0.489 e. The number of hydrogen-bond donors (Lipinski definition) is 2. The maximum atomic E-state index is 12.2. The maximum absolute atomic E-state index is 12.2. The fourth-order valence-corrected chi connectivity index (χ4v) is 6.02. The highest BCUT2D eigenvalue weighted by atomic mass is 32.2. The van der Waals surface area contributed by atoms with Gasteiger partial charge in [-0.15, -0.1) is 9.24 Å². The lowest BCUT2D eigenvalue weighted by Gasteiger charge is -2.27. The van der Waals surface area contributed by atoms with Crippen LogP contribution in [-0.2, 0) is 4.74 Å². The molecule has 1 amide bonds. The molecule has 1 saturated heterocycles. The number of anilines is 1. The molecule has 0 radical (unpaired) electrons. The first-order valence-corrected chi connectivity index (χ1v) is 14.3. The van der Waals surface area contributed by atoms with E-state index in [-0.39, 0.29) is 17.4 Å². The smallest absolute Gasteiger partial charge is 0.410 e. The molecule has 3 N–H and O–H groups in total. The Morgan fingerprint density at radius 3 is 2.54 bits per heavy atom. The van der Waals surface area contributed by atoms with Crippen LogP contribution in [0.1, 0.15) is 65.7 Å². The Bertz CT molecular complexity index is 897. The Kier molecular flexibility index (Phi) is 10.1. The second kappa shape index (κ2) is 12.6. The third-order valence-electron chi connectivity index (χ3n) is 6.02. The van der Waals surface area contributed by atoms with Crippen LogP contribution in [0.5, 0.6) is 5.75 Å². The van der Waals surface area contributed by atoms with Crippen molar-refractivity contribution in [2.75, 3.05) is 24.2 Å². The maximum Gasteiger partial charge on any atom is 0.410 e. The molecule has 1 aromatic rings. The van der Waals surface area contributed by atoms with Gasteiger partial charge in [-0.1, -0.05) is 37.4 Å². The number of carbonyl (C=O) groups is 1. The van der Waals surface area contributed by atoms with E-state index in [1.54, 1.807) is 16.7 Å². The first-order valence-electron chi connectivity index (χ1n) is 12.3. The van der Waals surface area contributed by atoms with E-state index in [9.17, 15) is 4.79 Å². The summed E-state index contributed by atoms with van der Waals surface area (Å²) in [5.74, 6) is 1.68. The fraction of sp³-hybridized carbons (Fsp3) is 0.640. The predicted octanol–water partition coefficient (Wildman–Crippen LogP) is 5.79. The molecule has 194 valence electrons. The summed E-state index contributed by atoms with van der Waals surface area (Å²) in [5, 5.41) is 4.19. The summed E-state index contributed by atoms with van der Waals surface area (Å²) in [6, 6.07) is 7.55. The second-order valence-electron chi connectivity index (χ2n) is 10.4. The Morgan fingerprint density at radius 2 is 1.91 bits per heavy atom. The highest BCUT2D eigenvalue weighted by molar-refractivity contribution is 8.14. The van der Waals surface area contributed by atoms with Gasteiger partial charge in [-0.3, -0.25) is 0 Å². The highest BCUT2D eigenvalue weighted by Gasteiger charge is 2.31. The zero-order valence-corrected chi connectivity index (χ0v) is 23.8. The summed E-state index contributed by atoms with van der Waals surface area (Å²) < 4.78 is 11.5. The molecular formula is C25H39N4O3PS2. The van der Waals surface area contributed by atoms with Crippen LogP contribution in [0.3, 0.4) is 0 Å². The fourth-order valence-electron chi connectivity index (χ4n) is 4.20. The van der Waals surface area contributed by atoms with Gasteiger partial charge in [-0.2, -0.15) is 4.99 Å². The van der Waals surface area contributed by atoms with Gasteiger partial charge in [0.05, 0.1) is 6.54 Å². The molecule has 35 heavy (non-hydrogen) atoms. The van der Waals surface area contributed by atoms with Crippen molar-refractivity contribution in [3.63, 3.8) is 0 Å². The van der Waals surface area contributed by atoms with Gasteiger partial charge in [0.1, 0.15) is 17.5 Å². The first kappa shape index (κ1) is 28.0. The Morgan fingerprint density at radius 1 is 1.26 bits per heavy atom. The van der Waals surface area contributed by atoms with E-state index in [2.05, 4.69) is 19.5 Å². The Balaban J connectivity index is 1.43. The van der Waals surface area contributed by atoms with Gasteiger partial charge in [-0.05, 0) is 75.3 Å². The summed E-state index contributed by atoms with van der Waals surface area (Å²) in [7, 11) is 3.06. The van der Waals surface area contributed by atoms with Crippen molar-refractivity contribution in [3.05, 3.63) is 24.3 Å². The third-order valence-corrected chi connectivity index (χ3v) is 8.40. The van der Waals surface area contributed by atoms with Gasteiger partial charge in [0.25, 0.3) is 0 Å². The van der Waals surface area contributed by atoms with E-state index >= 15 is 0 Å². The molecule has 0 spiro atoms. The number of hydrogen-bond acceptors (Lipinski definition) is 5. The quantitative estimate of drug-likeness (QED) is 0.161. The minimum atomic E-state index is -0.501. The van der Waals surface area contributed by atoms with Crippen molar-refractivity contribution in [2.24, 2.45) is 10.7 Å². The number of nitrogens with one attached hydrogen (secondary N) is 1. The number of nitrogens with zero attached hydrogens (tertiary/aromatic N) is 2. The molecule has 1 aliphatic heterocycles. The van der Waals surface area contributed by atoms with Crippen molar-refractivity contribution in [1.29, 1.82) is 0 Å². The average molecular weight is 539 g/mol. The minimum absolute atomic E-state index is 0.0580. The molecule has 3 rings (SSSR count). The normalized spacial score (nSPS) is 20.7. The van der Waals surface area contributed by atoms with Gasteiger partial charge in [0.15, 0.2) is 10.3 Å². The van der Waals surface area contributed by atoms with Crippen LogP contribution in [0.2, 0.25) is 0 Å². The number of carbonyl (C=O) groups excluding carboxylic acids is 1. The zero-order valence-electron chi connectivity index (χ0n) is 21.0. The lowest BCUT2D eigenvalue weighted by Crippen LogP contribution is -2.36.